The van der Waals surface area contributed by atoms with Crippen molar-refractivity contribution in [3.63, 3.8) is 0 Å². The molecule has 1 amide bonds. The standard InChI is InChI=1S/C15H14INO3/c16-10-3-1-2-4-11(10)17-14(18)12-8-5-6-9(7-8)13(12)15(19)20/h1-6,8-9,12-13H,7H2,(H,17,18)(H,19,20)/t8-,9-,12-,13-/m0/s1. The van der Waals surface area contributed by atoms with Crippen molar-refractivity contribution in [1.29, 1.82) is 0 Å². The Balaban J connectivity index is 1.82. The topological polar surface area (TPSA) is 66.4 Å². The smallest absolute Gasteiger partial charge is 0.307 e. The maximum absolute atomic E-state index is 12.5. The summed E-state index contributed by atoms with van der Waals surface area (Å²) in [4.78, 5) is 23.9. The molecule has 3 rings (SSSR count). The Labute approximate surface area is 130 Å². The lowest BCUT2D eigenvalue weighted by molar-refractivity contribution is -0.146. The SMILES string of the molecule is O=C(O)[C@@H]1[C@@H](C(=O)Nc2ccccc2I)[C@H]2C=C[C@H]1C2. The molecule has 4 atom stereocenters. The fourth-order valence-corrected chi connectivity index (χ4v) is 3.82. The molecule has 0 radical (unpaired) electrons. The van der Waals surface area contributed by atoms with Gasteiger partial charge in [0.2, 0.25) is 5.91 Å². The molecule has 4 nitrogen and oxygen atoms in total. The Kier molecular flexibility index (Phi) is 3.54. The Morgan fingerprint density at radius 3 is 2.45 bits per heavy atom. The number of nitrogens with one attached hydrogen (secondary N) is 1. The number of carbonyl (C=O) groups excluding carboxylic acids is 1. The van der Waals surface area contributed by atoms with Crippen LogP contribution in [0.4, 0.5) is 5.69 Å². The van der Waals surface area contributed by atoms with Crippen molar-refractivity contribution in [2.45, 2.75) is 6.42 Å². The molecular weight excluding hydrogens is 369 g/mol. The molecular formula is C15H14INO3. The van der Waals surface area contributed by atoms with Crippen molar-refractivity contribution < 1.29 is 14.7 Å². The summed E-state index contributed by atoms with van der Waals surface area (Å²) in [6.45, 7) is 0. The number of benzene rings is 1. The zero-order valence-electron chi connectivity index (χ0n) is 10.6. The molecule has 1 aromatic carbocycles. The lowest BCUT2D eigenvalue weighted by Gasteiger charge is -2.24. The van der Waals surface area contributed by atoms with Crippen LogP contribution in [0.15, 0.2) is 36.4 Å². The number of allylic oxidation sites excluding steroid dienone is 2. The van der Waals surface area contributed by atoms with Gasteiger partial charge in [-0.05, 0) is 53.0 Å². The number of anilines is 1. The number of carbonyl (C=O) groups is 2. The van der Waals surface area contributed by atoms with Crippen LogP contribution in [0.3, 0.4) is 0 Å². The number of amides is 1. The minimum atomic E-state index is -0.871. The highest BCUT2D eigenvalue weighted by Crippen LogP contribution is 2.48. The lowest BCUT2D eigenvalue weighted by Crippen LogP contribution is -2.36. The zero-order chi connectivity index (χ0) is 14.3. The second-order valence-corrected chi connectivity index (χ2v) is 6.47. The summed E-state index contributed by atoms with van der Waals surface area (Å²) in [6, 6.07) is 7.49. The van der Waals surface area contributed by atoms with Crippen LogP contribution in [0, 0.1) is 27.2 Å². The predicted molar refractivity (Wildman–Crippen MR) is 83.1 cm³/mol. The molecule has 2 aliphatic carbocycles. The van der Waals surface area contributed by atoms with E-state index >= 15 is 0 Å². The number of hydrogen-bond acceptors (Lipinski definition) is 2. The van der Waals surface area contributed by atoms with E-state index in [4.69, 9.17) is 0 Å². The molecule has 104 valence electrons. The molecule has 2 N–H and O–H groups in total. The summed E-state index contributed by atoms with van der Waals surface area (Å²) >= 11 is 2.15. The van der Waals surface area contributed by atoms with Gasteiger partial charge in [0.1, 0.15) is 0 Å². The highest BCUT2D eigenvalue weighted by molar-refractivity contribution is 14.1. The number of carboxylic acids is 1. The summed E-state index contributed by atoms with van der Waals surface area (Å²) in [7, 11) is 0. The van der Waals surface area contributed by atoms with Crippen molar-refractivity contribution in [3.8, 4) is 0 Å². The Morgan fingerprint density at radius 2 is 1.80 bits per heavy atom. The summed E-state index contributed by atoms with van der Waals surface area (Å²) in [6.07, 6.45) is 4.71. The quantitative estimate of drug-likeness (QED) is 0.623. The Bertz CT molecular complexity index is 599. The highest BCUT2D eigenvalue weighted by atomic mass is 127. The molecule has 1 fully saturated rings. The fraction of sp³-hybridized carbons (Fsp3) is 0.333. The molecule has 2 bridgehead atoms. The fourth-order valence-electron chi connectivity index (χ4n) is 3.29. The van der Waals surface area contributed by atoms with Gasteiger partial charge in [-0.1, -0.05) is 24.3 Å². The van der Waals surface area contributed by atoms with Crippen LogP contribution in [-0.2, 0) is 9.59 Å². The number of aliphatic carboxylic acids is 1. The molecule has 0 unspecified atom stereocenters. The molecule has 5 heteroatoms. The number of hydrogen-bond donors (Lipinski definition) is 2. The first-order valence-corrected chi connectivity index (χ1v) is 7.62. The van der Waals surface area contributed by atoms with Crippen LogP contribution in [0.2, 0.25) is 0 Å². The Morgan fingerprint density at radius 1 is 1.15 bits per heavy atom. The maximum atomic E-state index is 12.5. The van der Waals surface area contributed by atoms with Gasteiger partial charge in [0.25, 0.3) is 0 Å². The van der Waals surface area contributed by atoms with E-state index in [1.165, 1.54) is 0 Å². The number of fused-ring (bicyclic) bond motifs is 2. The van der Waals surface area contributed by atoms with Gasteiger partial charge >= 0.3 is 5.97 Å². The third-order valence-corrected chi connectivity index (χ3v) is 5.12. The summed E-state index contributed by atoms with van der Waals surface area (Å²) < 4.78 is 0.948. The van der Waals surface area contributed by atoms with Crippen molar-refractivity contribution in [3.05, 3.63) is 40.0 Å². The van der Waals surface area contributed by atoms with E-state index in [9.17, 15) is 14.7 Å². The van der Waals surface area contributed by atoms with Crippen LogP contribution in [0.25, 0.3) is 0 Å². The Hall–Kier alpha value is -1.37. The summed E-state index contributed by atoms with van der Waals surface area (Å²) in [5.74, 6) is -2.04. The van der Waals surface area contributed by atoms with Crippen LogP contribution >= 0.6 is 22.6 Å². The van der Waals surface area contributed by atoms with Gasteiger partial charge < -0.3 is 10.4 Å². The van der Waals surface area contributed by atoms with Crippen molar-refractivity contribution in [1.82, 2.24) is 0 Å². The van der Waals surface area contributed by atoms with E-state index in [0.717, 1.165) is 15.7 Å². The second kappa shape index (κ2) is 5.20. The monoisotopic (exact) mass is 383 g/mol. The van der Waals surface area contributed by atoms with Gasteiger partial charge in [-0.15, -0.1) is 0 Å². The average molecular weight is 383 g/mol. The average Bonchev–Trinajstić information content (AvgIpc) is 3.01. The van der Waals surface area contributed by atoms with Crippen LogP contribution in [0.1, 0.15) is 6.42 Å². The predicted octanol–water partition coefficient (Wildman–Crippen LogP) is 2.75. The van der Waals surface area contributed by atoms with E-state index in [0.29, 0.717) is 0 Å². The van der Waals surface area contributed by atoms with Crippen molar-refractivity contribution >= 4 is 40.2 Å². The van der Waals surface area contributed by atoms with Gasteiger partial charge in [0, 0.05) is 3.57 Å². The van der Waals surface area contributed by atoms with Gasteiger partial charge in [-0.2, -0.15) is 0 Å². The van der Waals surface area contributed by atoms with Gasteiger partial charge in [0.15, 0.2) is 0 Å². The van der Waals surface area contributed by atoms with Crippen LogP contribution in [-0.4, -0.2) is 17.0 Å². The molecule has 0 spiro atoms. The first-order chi connectivity index (χ1) is 9.58. The van der Waals surface area contributed by atoms with Crippen LogP contribution < -0.4 is 5.32 Å². The van der Waals surface area contributed by atoms with E-state index in [1.807, 2.05) is 36.4 Å². The molecule has 0 aromatic heterocycles. The number of para-hydroxylation sites is 1. The minimum absolute atomic E-state index is 0.00287. The van der Waals surface area contributed by atoms with Crippen LogP contribution in [0.5, 0.6) is 0 Å². The molecule has 1 saturated carbocycles. The van der Waals surface area contributed by atoms with E-state index in [-0.39, 0.29) is 17.7 Å². The molecule has 0 aliphatic heterocycles. The maximum Gasteiger partial charge on any atom is 0.307 e. The lowest BCUT2D eigenvalue weighted by atomic mass is 9.82. The van der Waals surface area contributed by atoms with E-state index in [1.54, 1.807) is 0 Å². The third kappa shape index (κ3) is 2.24. The molecule has 2 aliphatic rings. The third-order valence-electron chi connectivity index (χ3n) is 4.18. The molecule has 1 aromatic rings. The molecule has 0 saturated heterocycles. The number of halogens is 1. The normalized spacial score (nSPS) is 30.4. The summed E-state index contributed by atoms with van der Waals surface area (Å²) in [5.41, 5.74) is 0.744. The number of rotatable bonds is 3. The van der Waals surface area contributed by atoms with Crippen molar-refractivity contribution in [2.75, 3.05) is 5.32 Å². The summed E-state index contributed by atoms with van der Waals surface area (Å²) in [5, 5.41) is 12.2. The second-order valence-electron chi connectivity index (χ2n) is 5.31. The van der Waals surface area contributed by atoms with E-state index in [2.05, 4.69) is 27.9 Å². The number of carboxylic acid groups (broad SMARTS) is 1. The van der Waals surface area contributed by atoms with Gasteiger partial charge in [-0.25, -0.2) is 0 Å². The van der Waals surface area contributed by atoms with E-state index < -0.39 is 17.8 Å². The molecule has 0 heterocycles. The van der Waals surface area contributed by atoms with Gasteiger partial charge in [0.05, 0.1) is 17.5 Å². The minimum Gasteiger partial charge on any atom is -0.481 e. The van der Waals surface area contributed by atoms with Crippen molar-refractivity contribution in [2.24, 2.45) is 23.7 Å². The van der Waals surface area contributed by atoms with Gasteiger partial charge in [-0.3, -0.25) is 9.59 Å². The first-order valence-electron chi connectivity index (χ1n) is 6.54. The zero-order valence-corrected chi connectivity index (χ0v) is 12.8. The first kappa shape index (κ1) is 13.6. The molecule has 20 heavy (non-hydrogen) atoms. The largest absolute Gasteiger partial charge is 0.481 e. The highest BCUT2D eigenvalue weighted by Gasteiger charge is 2.51.